The summed E-state index contributed by atoms with van der Waals surface area (Å²) in [7, 11) is 0. The number of carboxylic acid groups (broad SMARTS) is 1. The molecule has 110 valence electrons. The Morgan fingerprint density at radius 1 is 1.29 bits per heavy atom. The lowest BCUT2D eigenvalue weighted by molar-refractivity contribution is -0.136. The predicted molar refractivity (Wildman–Crippen MR) is 83.8 cm³/mol. The number of aromatic nitrogens is 1. The van der Waals surface area contributed by atoms with E-state index in [0.29, 0.717) is 5.92 Å². The molecule has 1 aromatic carbocycles. The number of hydrogen-bond acceptors (Lipinski definition) is 2. The zero-order valence-corrected chi connectivity index (χ0v) is 12.6. The van der Waals surface area contributed by atoms with Gasteiger partial charge in [-0.1, -0.05) is 19.9 Å². The Labute approximate surface area is 125 Å². The van der Waals surface area contributed by atoms with Gasteiger partial charge in [0.1, 0.15) is 0 Å². The molecule has 0 unspecified atom stereocenters. The van der Waals surface area contributed by atoms with Gasteiger partial charge >= 0.3 is 5.97 Å². The molecule has 0 saturated heterocycles. The third kappa shape index (κ3) is 2.65. The normalized spacial score (nSPS) is 14.4. The van der Waals surface area contributed by atoms with Crippen LogP contribution in [-0.4, -0.2) is 16.1 Å². The van der Waals surface area contributed by atoms with Gasteiger partial charge in [0, 0.05) is 11.1 Å². The van der Waals surface area contributed by atoms with Gasteiger partial charge in [-0.2, -0.15) is 0 Å². The highest BCUT2D eigenvalue weighted by atomic mass is 16.4. The number of rotatable bonds is 3. The molecule has 1 aromatic heterocycles. The lowest BCUT2D eigenvalue weighted by Crippen LogP contribution is -2.13. The molecule has 0 atom stereocenters. The van der Waals surface area contributed by atoms with Crippen LogP contribution in [0.3, 0.4) is 0 Å². The molecule has 2 aromatic rings. The van der Waals surface area contributed by atoms with Crippen molar-refractivity contribution in [2.75, 3.05) is 0 Å². The minimum Gasteiger partial charge on any atom is -0.481 e. The van der Waals surface area contributed by atoms with E-state index in [4.69, 9.17) is 4.98 Å². The van der Waals surface area contributed by atoms with Crippen molar-refractivity contribution in [2.24, 2.45) is 0 Å². The largest absolute Gasteiger partial charge is 0.481 e. The molecule has 1 N–H and O–H groups in total. The summed E-state index contributed by atoms with van der Waals surface area (Å²) in [5, 5.41) is 10.3. The van der Waals surface area contributed by atoms with Crippen molar-refractivity contribution in [1.82, 2.24) is 4.98 Å². The first-order chi connectivity index (χ1) is 10.1. The third-order valence-electron chi connectivity index (χ3n) is 4.40. The molecule has 1 aliphatic rings. The van der Waals surface area contributed by atoms with Crippen LogP contribution in [-0.2, 0) is 24.1 Å². The maximum absolute atomic E-state index is 11.3. The van der Waals surface area contributed by atoms with Crippen LogP contribution in [0.5, 0.6) is 0 Å². The minimum atomic E-state index is -0.759. The first kappa shape index (κ1) is 14.1. The number of aliphatic carboxylic acids is 1. The zero-order chi connectivity index (χ0) is 15.0. The Hall–Kier alpha value is -1.90. The van der Waals surface area contributed by atoms with Gasteiger partial charge in [0.2, 0.25) is 0 Å². The van der Waals surface area contributed by atoms with Crippen LogP contribution >= 0.6 is 0 Å². The fourth-order valence-electron chi connectivity index (χ4n) is 3.25. The lowest BCUT2D eigenvalue weighted by Gasteiger charge is -2.20. The molecule has 0 amide bonds. The summed E-state index contributed by atoms with van der Waals surface area (Å²) in [6.45, 7) is 4.31. The molecular weight excluding hydrogens is 262 g/mol. The fourth-order valence-corrected chi connectivity index (χ4v) is 3.25. The summed E-state index contributed by atoms with van der Waals surface area (Å²) < 4.78 is 0. The molecule has 3 rings (SSSR count). The molecule has 0 aliphatic heterocycles. The second-order valence-corrected chi connectivity index (χ2v) is 6.22. The topological polar surface area (TPSA) is 50.2 Å². The van der Waals surface area contributed by atoms with Gasteiger partial charge < -0.3 is 5.11 Å². The summed E-state index contributed by atoms with van der Waals surface area (Å²) in [5.74, 6) is -0.326. The van der Waals surface area contributed by atoms with Crippen molar-refractivity contribution >= 4 is 16.9 Å². The van der Waals surface area contributed by atoms with Crippen LogP contribution in [0.1, 0.15) is 55.0 Å². The Morgan fingerprint density at radius 3 is 2.76 bits per heavy atom. The summed E-state index contributed by atoms with van der Waals surface area (Å²) in [4.78, 5) is 16.1. The van der Waals surface area contributed by atoms with Gasteiger partial charge in [0.05, 0.1) is 11.9 Å². The van der Waals surface area contributed by atoms with E-state index >= 15 is 0 Å². The molecule has 3 heteroatoms. The number of nitrogens with zero attached hydrogens (tertiary/aromatic N) is 1. The highest BCUT2D eigenvalue weighted by Gasteiger charge is 2.20. The SMILES string of the molecule is CC(C)c1ccc2nc3c(c(CC(=O)O)c2c1)CCCC3. The van der Waals surface area contributed by atoms with Crippen LogP contribution in [0.15, 0.2) is 18.2 Å². The van der Waals surface area contributed by atoms with Gasteiger partial charge in [-0.15, -0.1) is 0 Å². The molecule has 0 spiro atoms. The smallest absolute Gasteiger partial charge is 0.307 e. The molecule has 0 fully saturated rings. The van der Waals surface area contributed by atoms with Crippen molar-refractivity contribution in [3.63, 3.8) is 0 Å². The van der Waals surface area contributed by atoms with Crippen LogP contribution in [0.4, 0.5) is 0 Å². The molecular formula is C18H21NO2. The van der Waals surface area contributed by atoms with Gasteiger partial charge in [-0.25, -0.2) is 0 Å². The summed E-state index contributed by atoms with van der Waals surface area (Å²) in [5.41, 5.74) is 5.48. The summed E-state index contributed by atoms with van der Waals surface area (Å²) in [6, 6.07) is 6.30. The molecule has 1 aliphatic carbocycles. The van der Waals surface area contributed by atoms with E-state index in [1.54, 1.807) is 0 Å². The molecule has 0 bridgehead atoms. The Bertz CT molecular complexity index is 704. The first-order valence-corrected chi connectivity index (χ1v) is 7.72. The average Bonchev–Trinajstić information content (AvgIpc) is 2.46. The van der Waals surface area contributed by atoms with Crippen molar-refractivity contribution in [2.45, 2.75) is 51.9 Å². The minimum absolute atomic E-state index is 0.100. The van der Waals surface area contributed by atoms with E-state index < -0.39 is 5.97 Å². The van der Waals surface area contributed by atoms with Crippen molar-refractivity contribution < 1.29 is 9.90 Å². The number of benzene rings is 1. The highest BCUT2D eigenvalue weighted by Crippen LogP contribution is 2.31. The van der Waals surface area contributed by atoms with Gasteiger partial charge in [-0.05, 0) is 60.4 Å². The molecule has 3 nitrogen and oxygen atoms in total. The van der Waals surface area contributed by atoms with E-state index in [-0.39, 0.29) is 6.42 Å². The molecule has 21 heavy (non-hydrogen) atoms. The quantitative estimate of drug-likeness (QED) is 0.930. The summed E-state index contributed by atoms with van der Waals surface area (Å²) >= 11 is 0. The van der Waals surface area contributed by atoms with Crippen LogP contribution in [0, 0.1) is 0 Å². The standard InChI is InChI=1S/C18H21NO2/c1-11(2)12-7-8-17-15(9-12)14(10-18(20)21)13-5-3-4-6-16(13)19-17/h7-9,11H,3-6,10H2,1-2H3,(H,20,21). The Kier molecular flexibility index (Phi) is 3.66. The number of carbonyl (C=O) groups is 1. The van der Waals surface area contributed by atoms with Gasteiger partial charge in [-0.3, -0.25) is 9.78 Å². The maximum Gasteiger partial charge on any atom is 0.307 e. The molecule has 0 radical (unpaired) electrons. The van der Waals surface area contributed by atoms with E-state index in [1.807, 2.05) is 6.07 Å². The summed E-state index contributed by atoms with van der Waals surface area (Å²) in [6.07, 6.45) is 4.33. The number of carboxylic acids is 1. The van der Waals surface area contributed by atoms with Gasteiger partial charge in [0.15, 0.2) is 0 Å². The van der Waals surface area contributed by atoms with Gasteiger partial charge in [0.25, 0.3) is 0 Å². The fraction of sp³-hybridized carbons (Fsp3) is 0.444. The van der Waals surface area contributed by atoms with Crippen LogP contribution in [0.2, 0.25) is 0 Å². The number of aryl methyl sites for hydroxylation is 1. The lowest BCUT2D eigenvalue weighted by atomic mass is 9.87. The maximum atomic E-state index is 11.3. The number of pyridine rings is 1. The number of fused-ring (bicyclic) bond motifs is 2. The average molecular weight is 283 g/mol. The second-order valence-electron chi connectivity index (χ2n) is 6.22. The van der Waals surface area contributed by atoms with Crippen molar-refractivity contribution in [3.8, 4) is 0 Å². The highest BCUT2D eigenvalue weighted by molar-refractivity contribution is 5.88. The number of hydrogen-bond donors (Lipinski definition) is 1. The van der Waals surface area contributed by atoms with Crippen molar-refractivity contribution in [3.05, 3.63) is 40.6 Å². The Morgan fingerprint density at radius 2 is 2.05 bits per heavy atom. The van der Waals surface area contributed by atoms with Crippen LogP contribution in [0.25, 0.3) is 10.9 Å². The molecule has 0 saturated carbocycles. The zero-order valence-electron chi connectivity index (χ0n) is 12.6. The Balaban J connectivity index is 2.27. The van der Waals surface area contributed by atoms with E-state index in [0.717, 1.165) is 47.8 Å². The molecule has 1 heterocycles. The van der Waals surface area contributed by atoms with E-state index in [1.165, 1.54) is 11.1 Å². The van der Waals surface area contributed by atoms with Crippen LogP contribution < -0.4 is 0 Å². The van der Waals surface area contributed by atoms with Crippen molar-refractivity contribution in [1.29, 1.82) is 0 Å². The third-order valence-corrected chi connectivity index (χ3v) is 4.40. The first-order valence-electron chi connectivity index (χ1n) is 7.72. The van der Waals surface area contributed by atoms with E-state index in [9.17, 15) is 9.90 Å². The van der Waals surface area contributed by atoms with E-state index in [2.05, 4.69) is 26.0 Å². The second kappa shape index (κ2) is 5.47. The monoisotopic (exact) mass is 283 g/mol. The predicted octanol–water partition coefficient (Wildman–Crippen LogP) is 3.86.